The van der Waals surface area contributed by atoms with Gasteiger partial charge in [0.1, 0.15) is 5.54 Å². The number of imide groups is 1. The van der Waals surface area contributed by atoms with Gasteiger partial charge in [0.2, 0.25) is 5.92 Å². The number of carbonyl (C=O) groups is 3. The zero-order valence-corrected chi connectivity index (χ0v) is 18.1. The Morgan fingerprint density at radius 3 is 2.52 bits per heavy atom. The van der Waals surface area contributed by atoms with Gasteiger partial charge in [-0.05, 0) is 37.5 Å². The van der Waals surface area contributed by atoms with Crippen molar-refractivity contribution in [1.29, 1.82) is 0 Å². The summed E-state index contributed by atoms with van der Waals surface area (Å²) < 4.78 is 67.2. The number of hydrogen-bond acceptors (Lipinski definition) is 5. The number of urea groups is 1. The molecule has 12 heteroatoms. The highest BCUT2D eigenvalue weighted by atomic mass is 32.1. The van der Waals surface area contributed by atoms with E-state index >= 15 is 0 Å². The van der Waals surface area contributed by atoms with E-state index in [0.717, 1.165) is 29.8 Å². The van der Waals surface area contributed by atoms with E-state index in [4.69, 9.17) is 0 Å². The molecular weight excluding hydrogens is 469 g/mol. The van der Waals surface area contributed by atoms with E-state index < -0.39 is 60.3 Å². The molecule has 1 aliphatic heterocycles. The number of amides is 3. The van der Waals surface area contributed by atoms with Crippen molar-refractivity contribution >= 4 is 29.1 Å². The summed E-state index contributed by atoms with van der Waals surface area (Å²) in [7, 11) is 0. The minimum Gasteiger partial charge on any atom is -0.323 e. The van der Waals surface area contributed by atoms with E-state index in [9.17, 15) is 36.3 Å². The summed E-state index contributed by atoms with van der Waals surface area (Å²) in [6, 6.07) is 1.39. The number of Topliss-reactive ketones (excluding diaryl/α,β-unsaturated/α-hetero) is 1. The summed E-state index contributed by atoms with van der Waals surface area (Å²) in [6.07, 6.45) is -4.12. The van der Waals surface area contributed by atoms with Crippen LogP contribution in [0.5, 0.6) is 0 Å². The van der Waals surface area contributed by atoms with Crippen molar-refractivity contribution < 1.29 is 36.3 Å². The number of nitrogens with one attached hydrogen (secondary N) is 1. The molecule has 6 nitrogen and oxygen atoms in total. The van der Waals surface area contributed by atoms with E-state index in [2.05, 4.69) is 10.3 Å². The number of carbonyl (C=O) groups excluding carboxylic acids is 3. The molecule has 4 rings (SSSR count). The van der Waals surface area contributed by atoms with Gasteiger partial charge in [-0.15, -0.1) is 11.3 Å². The van der Waals surface area contributed by atoms with Crippen molar-refractivity contribution in [2.24, 2.45) is 0 Å². The fourth-order valence-corrected chi connectivity index (χ4v) is 5.26. The van der Waals surface area contributed by atoms with Crippen LogP contribution in [0.3, 0.4) is 0 Å². The number of pyridine rings is 1. The molecule has 0 radical (unpaired) electrons. The highest BCUT2D eigenvalue weighted by Crippen LogP contribution is 2.42. The number of hydrogen-bond donors (Lipinski definition) is 1. The normalized spacial score (nSPS) is 19.8. The van der Waals surface area contributed by atoms with Crippen molar-refractivity contribution in [2.45, 2.75) is 50.2 Å². The van der Waals surface area contributed by atoms with Crippen molar-refractivity contribution in [3.8, 4) is 10.4 Å². The number of alkyl halides is 5. The zero-order chi connectivity index (χ0) is 24.2. The van der Waals surface area contributed by atoms with Gasteiger partial charge in [-0.2, -0.15) is 13.2 Å². The maximum Gasteiger partial charge on any atom is 0.417 e. The molecule has 0 aromatic carbocycles. The van der Waals surface area contributed by atoms with Gasteiger partial charge in [0.15, 0.2) is 5.78 Å². The number of nitrogens with zero attached hydrogens (tertiary/aromatic N) is 2. The first kappa shape index (κ1) is 23.3. The Bertz CT molecular complexity index is 1130. The fraction of sp³-hybridized carbons (Fsp3) is 0.429. The van der Waals surface area contributed by atoms with Crippen LogP contribution in [0, 0.1) is 6.92 Å². The van der Waals surface area contributed by atoms with E-state index in [0.29, 0.717) is 10.5 Å². The van der Waals surface area contributed by atoms with Crippen molar-refractivity contribution in [2.75, 3.05) is 6.54 Å². The van der Waals surface area contributed by atoms with Crippen LogP contribution in [0.4, 0.5) is 26.7 Å². The Labute approximate surface area is 188 Å². The van der Waals surface area contributed by atoms with Gasteiger partial charge in [0.25, 0.3) is 5.91 Å². The number of rotatable bonds is 4. The molecule has 176 valence electrons. The predicted molar refractivity (Wildman–Crippen MR) is 108 cm³/mol. The molecule has 0 bridgehead atoms. The lowest BCUT2D eigenvalue weighted by molar-refractivity contribution is -0.137. The van der Waals surface area contributed by atoms with Gasteiger partial charge >= 0.3 is 12.2 Å². The maximum atomic E-state index is 13.5. The molecule has 33 heavy (non-hydrogen) atoms. The average molecular weight is 487 g/mol. The topological polar surface area (TPSA) is 79.4 Å². The molecule has 1 aliphatic carbocycles. The van der Waals surface area contributed by atoms with Crippen LogP contribution in [0.25, 0.3) is 10.4 Å². The van der Waals surface area contributed by atoms with Gasteiger partial charge in [0.05, 0.1) is 17.0 Å². The van der Waals surface area contributed by atoms with Gasteiger partial charge in [-0.3, -0.25) is 19.5 Å². The quantitative estimate of drug-likeness (QED) is 0.381. The molecule has 0 unspecified atom stereocenters. The highest BCUT2D eigenvalue weighted by molar-refractivity contribution is 7.17. The van der Waals surface area contributed by atoms with E-state index in [1.165, 1.54) is 6.07 Å². The Morgan fingerprint density at radius 2 is 1.88 bits per heavy atom. The largest absolute Gasteiger partial charge is 0.417 e. The number of halogens is 5. The Morgan fingerprint density at radius 1 is 1.21 bits per heavy atom. The highest BCUT2D eigenvalue weighted by Gasteiger charge is 2.55. The molecule has 0 atom stereocenters. The molecule has 1 N–H and O–H groups in total. The first-order chi connectivity index (χ1) is 15.3. The summed E-state index contributed by atoms with van der Waals surface area (Å²) in [5.41, 5.74) is -2.12. The monoisotopic (exact) mass is 487 g/mol. The summed E-state index contributed by atoms with van der Waals surface area (Å²) in [6.45, 7) is 0.905. The molecule has 1 spiro atoms. The van der Waals surface area contributed by atoms with Gasteiger partial charge < -0.3 is 5.32 Å². The fourth-order valence-electron chi connectivity index (χ4n) is 4.13. The lowest BCUT2D eigenvalue weighted by Crippen LogP contribution is -2.51. The minimum atomic E-state index is -4.62. The Kier molecular flexibility index (Phi) is 5.54. The minimum absolute atomic E-state index is 0.0659. The first-order valence-electron chi connectivity index (χ1n) is 10.0. The lowest BCUT2D eigenvalue weighted by Gasteiger charge is -2.34. The van der Waals surface area contributed by atoms with Crippen LogP contribution in [-0.2, 0) is 11.0 Å². The predicted octanol–water partition coefficient (Wildman–Crippen LogP) is 4.82. The maximum absolute atomic E-state index is 13.5. The lowest BCUT2D eigenvalue weighted by atomic mass is 9.80. The third kappa shape index (κ3) is 4.23. The van der Waals surface area contributed by atoms with Crippen molar-refractivity contribution in [3.05, 3.63) is 40.5 Å². The van der Waals surface area contributed by atoms with Gasteiger partial charge in [0, 0.05) is 35.7 Å². The average Bonchev–Trinajstić information content (AvgIpc) is 3.23. The summed E-state index contributed by atoms with van der Waals surface area (Å²) in [4.78, 5) is 42.7. The molecular formula is C21H18F5N3O3S. The molecule has 1 saturated carbocycles. The smallest absolute Gasteiger partial charge is 0.323 e. The van der Waals surface area contributed by atoms with Crippen molar-refractivity contribution in [3.63, 3.8) is 0 Å². The van der Waals surface area contributed by atoms with Crippen LogP contribution >= 0.6 is 11.3 Å². The summed E-state index contributed by atoms with van der Waals surface area (Å²) in [5, 5.41) is 2.45. The van der Waals surface area contributed by atoms with Crippen LogP contribution in [0.2, 0.25) is 0 Å². The molecule has 2 aliphatic rings. The molecule has 3 heterocycles. The van der Waals surface area contributed by atoms with Crippen LogP contribution in [0.15, 0.2) is 24.5 Å². The Hall–Kier alpha value is -2.89. The first-order valence-corrected chi connectivity index (χ1v) is 10.8. The summed E-state index contributed by atoms with van der Waals surface area (Å²) >= 11 is 0.805. The molecule has 2 aromatic heterocycles. The van der Waals surface area contributed by atoms with Crippen LogP contribution in [-0.4, -0.2) is 45.6 Å². The second-order valence-electron chi connectivity index (χ2n) is 8.22. The van der Waals surface area contributed by atoms with Gasteiger partial charge in [-0.1, -0.05) is 0 Å². The second kappa shape index (κ2) is 7.86. The van der Waals surface area contributed by atoms with Crippen molar-refractivity contribution in [1.82, 2.24) is 15.2 Å². The number of ketones is 1. The number of aromatic nitrogens is 1. The molecule has 2 aromatic rings. The molecule has 2 fully saturated rings. The second-order valence-corrected chi connectivity index (χ2v) is 9.28. The van der Waals surface area contributed by atoms with E-state index in [1.54, 1.807) is 6.92 Å². The van der Waals surface area contributed by atoms with E-state index in [-0.39, 0.29) is 28.2 Å². The van der Waals surface area contributed by atoms with E-state index in [1.807, 2.05) is 0 Å². The van der Waals surface area contributed by atoms with Crippen LogP contribution in [0.1, 0.15) is 46.5 Å². The number of aryl methyl sites for hydroxylation is 1. The molecule has 1 saturated heterocycles. The molecule has 3 amide bonds. The standard InChI is InChI=1S/C21H18F5N3O3S/c1-11-8-15(33-16(11)12-9-27-7-2-13(12)21(24,25)26)14(30)10-29-17(31)19(28-18(29)32)3-5-20(22,23)6-4-19/h2,7-9H,3-6,10H2,1H3,(H,28,32). The Balaban J connectivity index is 1.55. The van der Waals surface area contributed by atoms with Crippen LogP contribution < -0.4 is 5.32 Å². The third-order valence-electron chi connectivity index (χ3n) is 5.95. The number of thiophene rings is 1. The summed E-state index contributed by atoms with van der Waals surface area (Å²) in [5.74, 6) is -4.30. The third-order valence-corrected chi connectivity index (χ3v) is 7.26. The SMILES string of the molecule is Cc1cc(C(=O)CN2C(=O)NC3(CCC(F)(F)CC3)C2=O)sc1-c1cnccc1C(F)(F)F. The van der Waals surface area contributed by atoms with Gasteiger partial charge in [-0.25, -0.2) is 13.6 Å². The zero-order valence-electron chi connectivity index (χ0n) is 17.3.